The maximum atomic E-state index is 12.7. The number of methoxy groups -OCH3 is 1. The van der Waals surface area contributed by atoms with Crippen molar-refractivity contribution in [2.45, 2.75) is 37.1 Å². The number of aryl methyl sites for hydroxylation is 1. The normalized spacial score (nSPS) is 14.7. The average Bonchev–Trinajstić information content (AvgIpc) is 3.51. The van der Waals surface area contributed by atoms with E-state index in [2.05, 4.69) is 49.3 Å². The van der Waals surface area contributed by atoms with Crippen LogP contribution in [0, 0.1) is 0 Å². The van der Waals surface area contributed by atoms with Crippen molar-refractivity contribution in [1.29, 1.82) is 0 Å². The minimum absolute atomic E-state index is 0.0179. The Morgan fingerprint density at radius 3 is 2.62 bits per heavy atom. The highest BCUT2D eigenvalue weighted by atomic mass is 31.1. The number of rotatable bonds is 9. The summed E-state index contributed by atoms with van der Waals surface area (Å²) in [5.74, 6) is 2.37. The molecular formula is C25H30N8O2P2. The molecule has 3 heterocycles. The van der Waals surface area contributed by atoms with E-state index >= 15 is 0 Å². The van der Waals surface area contributed by atoms with Gasteiger partial charge < -0.3 is 15.4 Å². The Balaban J connectivity index is 1.44. The summed E-state index contributed by atoms with van der Waals surface area (Å²) < 4.78 is 9.37. The van der Waals surface area contributed by atoms with Crippen LogP contribution in [0.15, 0.2) is 49.1 Å². The number of aromatic nitrogens is 6. The summed E-state index contributed by atoms with van der Waals surface area (Å²) in [6.07, 6.45) is 7.65. The second kappa shape index (κ2) is 10.2. The van der Waals surface area contributed by atoms with Crippen LogP contribution in [0.3, 0.4) is 0 Å². The number of nitrogens with one attached hydrogen (secondary N) is 2. The third-order valence-corrected chi connectivity index (χ3v) is 7.27. The van der Waals surface area contributed by atoms with Crippen LogP contribution in [0.5, 0.6) is 5.75 Å². The number of carbonyl (C=O) groups is 1. The van der Waals surface area contributed by atoms with E-state index in [1.54, 1.807) is 24.3 Å². The van der Waals surface area contributed by atoms with E-state index in [1.807, 2.05) is 55.2 Å². The first-order chi connectivity index (χ1) is 17.8. The Morgan fingerprint density at radius 2 is 1.95 bits per heavy atom. The highest BCUT2D eigenvalue weighted by molar-refractivity contribution is 7.40. The molecule has 0 aliphatic heterocycles. The molecule has 3 aromatic heterocycles. The van der Waals surface area contributed by atoms with Crippen LogP contribution in [0.4, 0.5) is 23.0 Å². The summed E-state index contributed by atoms with van der Waals surface area (Å²) in [5, 5.41) is 15.7. The molecule has 0 spiro atoms. The lowest BCUT2D eigenvalue weighted by Gasteiger charge is -2.41. The van der Waals surface area contributed by atoms with E-state index < -0.39 is 0 Å². The predicted octanol–water partition coefficient (Wildman–Crippen LogP) is 4.94. The van der Waals surface area contributed by atoms with Crippen molar-refractivity contribution < 1.29 is 9.53 Å². The molecule has 1 fully saturated rings. The van der Waals surface area contributed by atoms with Gasteiger partial charge in [-0.15, -0.1) is 18.5 Å². The lowest BCUT2D eigenvalue weighted by Crippen LogP contribution is -2.34. The minimum atomic E-state index is -0.0179. The second-order valence-electron chi connectivity index (χ2n) is 9.25. The number of benzene rings is 1. The fraction of sp³-hybridized carbons (Fsp3) is 0.320. The zero-order valence-electron chi connectivity index (χ0n) is 21.0. The van der Waals surface area contributed by atoms with Gasteiger partial charge in [0, 0.05) is 42.9 Å². The summed E-state index contributed by atoms with van der Waals surface area (Å²) in [5.41, 5.74) is 2.53. The Morgan fingerprint density at radius 1 is 1.14 bits per heavy atom. The largest absolute Gasteiger partial charge is 0.494 e. The highest BCUT2D eigenvalue weighted by Gasteiger charge is 2.38. The van der Waals surface area contributed by atoms with Gasteiger partial charge in [0.2, 0.25) is 0 Å². The SMILES string of the molecule is CCC(=O)c1cnc(Nc2ccn(C3CC(P)(P)C3)n2)cc1Nc1cccc(-c2ncn(C)n2)c1OC. The molecule has 2 atom stereocenters. The fourth-order valence-electron chi connectivity index (χ4n) is 4.42. The van der Waals surface area contributed by atoms with Crippen molar-refractivity contribution in [3.63, 3.8) is 0 Å². The standard InChI is InChI=1S/C25H30N8O2P2/c1-4-20(34)17-13-26-22(29-21-8-9-33(30-21)15-11-25(36,37)12-15)10-19(17)28-18-7-5-6-16(23(18)35-3)24-27-14-32(2)31-24/h5-10,13-15H,4,11-12,36-37H2,1-3H3,(H2,26,28,29,30). The van der Waals surface area contributed by atoms with Crippen LogP contribution in [0.2, 0.25) is 0 Å². The van der Waals surface area contributed by atoms with Crippen molar-refractivity contribution in [1.82, 2.24) is 29.5 Å². The Kier molecular flexibility index (Phi) is 6.97. The number of Topliss-reactive ketones (excluding diaryl/α,β-unsaturated/α-hetero) is 1. The molecule has 1 aliphatic carbocycles. The van der Waals surface area contributed by atoms with E-state index in [9.17, 15) is 4.79 Å². The highest BCUT2D eigenvalue weighted by Crippen LogP contribution is 2.52. The molecule has 1 saturated carbocycles. The number of anilines is 4. The number of carbonyl (C=O) groups excluding carboxylic acids is 1. The fourth-order valence-corrected chi connectivity index (χ4v) is 5.51. The first-order valence-corrected chi connectivity index (χ1v) is 13.1. The van der Waals surface area contributed by atoms with Crippen LogP contribution in [-0.4, -0.2) is 47.3 Å². The van der Waals surface area contributed by atoms with Crippen molar-refractivity contribution in [3.05, 3.63) is 54.6 Å². The maximum Gasteiger partial charge on any atom is 0.184 e. The number of para-hydroxylation sites is 1. The van der Waals surface area contributed by atoms with Crippen LogP contribution < -0.4 is 15.4 Å². The van der Waals surface area contributed by atoms with Gasteiger partial charge >= 0.3 is 0 Å². The van der Waals surface area contributed by atoms with Crippen molar-refractivity contribution in [2.24, 2.45) is 7.05 Å². The van der Waals surface area contributed by atoms with Crippen molar-refractivity contribution >= 4 is 47.3 Å². The predicted molar refractivity (Wildman–Crippen MR) is 151 cm³/mol. The molecule has 0 bridgehead atoms. The number of ether oxygens (including phenoxy) is 1. The van der Waals surface area contributed by atoms with Gasteiger partial charge in [0.1, 0.15) is 12.1 Å². The molecule has 4 aromatic rings. The van der Waals surface area contributed by atoms with Crippen LogP contribution in [0.25, 0.3) is 11.4 Å². The first-order valence-electron chi connectivity index (χ1n) is 12.0. The molecule has 5 rings (SSSR count). The summed E-state index contributed by atoms with van der Waals surface area (Å²) >= 11 is 0. The molecule has 1 aromatic carbocycles. The van der Waals surface area contributed by atoms with Gasteiger partial charge in [0.05, 0.1) is 35.7 Å². The number of hydrogen-bond acceptors (Lipinski definition) is 8. The van der Waals surface area contributed by atoms with E-state index in [-0.39, 0.29) is 10.7 Å². The van der Waals surface area contributed by atoms with Crippen molar-refractivity contribution in [2.75, 3.05) is 17.7 Å². The number of ketones is 1. The van der Waals surface area contributed by atoms with Crippen molar-refractivity contribution in [3.8, 4) is 17.1 Å². The van der Waals surface area contributed by atoms with Crippen LogP contribution >= 0.6 is 18.5 Å². The first kappa shape index (κ1) is 25.3. The van der Waals surface area contributed by atoms with Gasteiger partial charge in [0.25, 0.3) is 0 Å². The van der Waals surface area contributed by atoms with Gasteiger partial charge in [-0.2, -0.15) is 10.2 Å². The van der Waals surface area contributed by atoms with Crippen LogP contribution in [0.1, 0.15) is 42.6 Å². The van der Waals surface area contributed by atoms with Gasteiger partial charge in [-0.1, -0.05) is 13.0 Å². The maximum absolute atomic E-state index is 12.7. The third kappa shape index (κ3) is 5.36. The Bertz CT molecular complexity index is 1440. The lowest BCUT2D eigenvalue weighted by atomic mass is 9.91. The molecule has 192 valence electrons. The molecule has 0 saturated heterocycles. The molecular weight excluding hydrogens is 506 g/mol. The Labute approximate surface area is 220 Å². The molecule has 2 unspecified atom stereocenters. The van der Waals surface area contributed by atoms with E-state index in [4.69, 9.17) is 4.74 Å². The smallest absolute Gasteiger partial charge is 0.184 e. The van der Waals surface area contributed by atoms with E-state index in [0.29, 0.717) is 52.6 Å². The average molecular weight is 537 g/mol. The zero-order chi connectivity index (χ0) is 26.2. The molecule has 0 radical (unpaired) electrons. The quantitative estimate of drug-likeness (QED) is 0.229. The second-order valence-corrected chi connectivity index (χ2v) is 12.2. The summed E-state index contributed by atoms with van der Waals surface area (Å²) in [4.78, 5) is 21.8. The monoisotopic (exact) mass is 536 g/mol. The van der Waals surface area contributed by atoms with Crippen LogP contribution in [-0.2, 0) is 7.05 Å². The molecule has 2 N–H and O–H groups in total. The van der Waals surface area contributed by atoms with Gasteiger partial charge in [-0.25, -0.2) is 9.97 Å². The molecule has 0 amide bonds. The summed E-state index contributed by atoms with van der Waals surface area (Å²) in [6, 6.07) is 9.80. The summed E-state index contributed by atoms with van der Waals surface area (Å²) in [6.45, 7) is 1.83. The minimum Gasteiger partial charge on any atom is -0.494 e. The van der Waals surface area contributed by atoms with E-state index in [0.717, 1.165) is 18.4 Å². The Hall–Kier alpha value is -3.35. The number of pyridine rings is 1. The lowest BCUT2D eigenvalue weighted by molar-refractivity contribution is 0.0988. The third-order valence-electron chi connectivity index (χ3n) is 6.32. The van der Waals surface area contributed by atoms with E-state index in [1.165, 1.54) is 0 Å². The topological polar surface area (TPSA) is 112 Å². The summed E-state index contributed by atoms with van der Waals surface area (Å²) in [7, 11) is 9.19. The molecule has 37 heavy (non-hydrogen) atoms. The molecule has 12 heteroatoms. The molecule has 10 nitrogen and oxygen atoms in total. The van der Waals surface area contributed by atoms with Gasteiger partial charge in [-0.05, 0) is 25.0 Å². The number of hydrogen-bond donors (Lipinski definition) is 2. The van der Waals surface area contributed by atoms with Gasteiger partial charge in [0.15, 0.2) is 23.2 Å². The number of nitrogens with zero attached hydrogens (tertiary/aromatic N) is 6. The van der Waals surface area contributed by atoms with Gasteiger partial charge in [-0.3, -0.25) is 14.2 Å². The zero-order valence-corrected chi connectivity index (χ0v) is 23.3. The molecule has 1 aliphatic rings.